The predicted octanol–water partition coefficient (Wildman–Crippen LogP) is 2.09. The fourth-order valence-corrected chi connectivity index (χ4v) is 4.91. The van der Waals surface area contributed by atoms with Gasteiger partial charge < -0.3 is 14.5 Å². The third-order valence-corrected chi connectivity index (χ3v) is 6.58. The van der Waals surface area contributed by atoms with Gasteiger partial charge in [-0.1, -0.05) is 0 Å². The van der Waals surface area contributed by atoms with Gasteiger partial charge in [0.25, 0.3) is 5.91 Å². The van der Waals surface area contributed by atoms with Crippen LogP contribution in [0.15, 0.2) is 5.38 Å². The first-order valence-corrected chi connectivity index (χ1v) is 10.0. The minimum atomic E-state index is 0.0275. The van der Waals surface area contributed by atoms with Crippen LogP contribution in [0.25, 0.3) is 0 Å². The highest BCUT2D eigenvalue weighted by molar-refractivity contribution is 7.09. The lowest BCUT2D eigenvalue weighted by atomic mass is 9.77. The summed E-state index contributed by atoms with van der Waals surface area (Å²) in [4.78, 5) is 33.2. The van der Waals surface area contributed by atoms with Crippen molar-refractivity contribution in [1.29, 1.82) is 0 Å². The summed E-state index contributed by atoms with van der Waals surface area (Å²) in [5, 5.41) is 2.76. The van der Waals surface area contributed by atoms with Gasteiger partial charge in [0, 0.05) is 50.0 Å². The molecule has 2 amide bonds. The Balaban J connectivity index is 1.34. The molecule has 7 heteroatoms. The fourth-order valence-electron chi connectivity index (χ4n) is 4.32. The second-order valence-electron chi connectivity index (χ2n) is 7.63. The van der Waals surface area contributed by atoms with Crippen LogP contribution in [0.2, 0.25) is 0 Å². The number of amides is 2. The van der Waals surface area contributed by atoms with Crippen LogP contribution >= 0.6 is 11.3 Å². The highest BCUT2D eigenvalue weighted by Gasteiger charge is 2.46. The number of carbonyl (C=O) groups is 2. The molecule has 0 aromatic carbocycles. The Morgan fingerprint density at radius 1 is 1.44 bits per heavy atom. The monoisotopic (exact) mass is 363 g/mol. The molecule has 1 atom stereocenters. The third kappa shape index (κ3) is 3.44. The quantitative estimate of drug-likeness (QED) is 0.825. The van der Waals surface area contributed by atoms with E-state index >= 15 is 0 Å². The van der Waals surface area contributed by atoms with Gasteiger partial charge in [0.2, 0.25) is 5.91 Å². The van der Waals surface area contributed by atoms with Gasteiger partial charge in [-0.25, -0.2) is 4.98 Å². The topological polar surface area (TPSA) is 62.7 Å². The standard InChI is InChI=1S/C18H25N3O3S/c1-13-19-15(11-25-13)17(23)20-6-4-18(5-7-20)9-16(22)21(12-18)10-14-3-2-8-24-14/h11,14H,2-10,12H2,1H3/t14-/m0/s1. The van der Waals surface area contributed by atoms with E-state index in [0.29, 0.717) is 12.1 Å². The lowest BCUT2D eigenvalue weighted by Crippen LogP contribution is -2.44. The molecule has 0 unspecified atom stereocenters. The van der Waals surface area contributed by atoms with Gasteiger partial charge >= 0.3 is 0 Å². The number of ether oxygens (including phenoxy) is 1. The molecule has 6 nitrogen and oxygen atoms in total. The SMILES string of the molecule is Cc1nc(C(=O)N2CCC3(CC2)CC(=O)N(C[C@@H]2CCCO2)C3)cs1. The van der Waals surface area contributed by atoms with Crippen LogP contribution in [0.3, 0.4) is 0 Å². The second kappa shape index (κ2) is 6.68. The van der Waals surface area contributed by atoms with Crippen molar-refractivity contribution in [2.24, 2.45) is 5.41 Å². The summed E-state index contributed by atoms with van der Waals surface area (Å²) in [6, 6.07) is 0. The van der Waals surface area contributed by atoms with E-state index in [2.05, 4.69) is 4.98 Å². The van der Waals surface area contributed by atoms with E-state index in [1.165, 1.54) is 11.3 Å². The maximum absolute atomic E-state index is 12.6. The van der Waals surface area contributed by atoms with Gasteiger partial charge in [-0.05, 0) is 32.6 Å². The first kappa shape index (κ1) is 17.0. The van der Waals surface area contributed by atoms with Gasteiger partial charge in [-0.3, -0.25) is 9.59 Å². The van der Waals surface area contributed by atoms with Crippen molar-refractivity contribution in [2.45, 2.75) is 45.1 Å². The van der Waals surface area contributed by atoms with E-state index in [1.807, 2.05) is 22.1 Å². The number of hydrogen-bond acceptors (Lipinski definition) is 5. The Morgan fingerprint density at radius 3 is 2.88 bits per heavy atom. The smallest absolute Gasteiger partial charge is 0.273 e. The number of piperidine rings is 1. The molecule has 3 aliphatic heterocycles. The Labute approximate surface area is 152 Å². The van der Waals surface area contributed by atoms with Gasteiger partial charge in [0.05, 0.1) is 11.1 Å². The zero-order valence-corrected chi connectivity index (χ0v) is 15.5. The molecule has 25 heavy (non-hydrogen) atoms. The highest BCUT2D eigenvalue weighted by atomic mass is 32.1. The van der Waals surface area contributed by atoms with Crippen molar-refractivity contribution in [3.8, 4) is 0 Å². The summed E-state index contributed by atoms with van der Waals surface area (Å²) in [5.41, 5.74) is 0.603. The van der Waals surface area contributed by atoms with Crippen LogP contribution in [0, 0.1) is 12.3 Å². The number of hydrogen-bond donors (Lipinski definition) is 0. The van der Waals surface area contributed by atoms with Crippen molar-refractivity contribution in [3.05, 3.63) is 16.1 Å². The number of aromatic nitrogens is 1. The van der Waals surface area contributed by atoms with Crippen LogP contribution in [0.5, 0.6) is 0 Å². The minimum absolute atomic E-state index is 0.0275. The third-order valence-electron chi connectivity index (χ3n) is 5.80. The molecular formula is C18H25N3O3S. The van der Waals surface area contributed by atoms with Crippen molar-refractivity contribution < 1.29 is 14.3 Å². The molecule has 3 fully saturated rings. The maximum atomic E-state index is 12.6. The summed E-state index contributed by atoms with van der Waals surface area (Å²) in [6.45, 7) is 5.74. The van der Waals surface area contributed by atoms with E-state index < -0.39 is 0 Å². The number of rotatable bonds is 3. The molecule has 0 radical (unpaired) electrons. The molecule has 0 saturated carbocycles. The molecular weight excluding hydrogens is 338 g/mol. The summed E-state index contributed by atoms with van der Waals surface area (Å²) < 4.78 is 5.69. The number of nitrogens with zero attached hydrogens (tertiary/aromatic N) is 3. The normalized spacial score (nSPS) is 26.0. The van der Waals surface area contributed by atoms with Crippen LogP contribution in [0.4, 0.5) is 0 Å². The first-order chi connectivity index (χ1) is 12.0. The molecule has 136 valence electrons. The summed E-state index contributed by atoms with van der Waals surface area (Å²) in [5.74, 6) is 0.283. The number of aryl methyl sites for hydroxylation is 1. The molecule has 3 saturated heterocycles. The average molecular weight is 363 g/mol. The predicted molar refractivity (Wildman–Crippen MR) is 94.6 cm³/mol. The van der Waals surface area contributed by atoms with E-state index in [-0.39, 0.29) is 23.3 Å². The van der Waals surface area contributed by atoms with Crippen LogP contribution in [0.1, 0.15) is 47.6 Å². The van der Waals surface area contributed by atoms with Gasteiger partial charge in [-0.2, -0.15) is 0 Å². The number of likely N-dealkylation sites (tertiary alicyclic amines) is 2. The Kier molecular flexibility index (Phi) is 4.54. The molecule has 1 spiro atoms. The Morgan fingerprint density at radius 2 is 2.24 bits per heavy atom. The van der Waals surface area contributed by atoms with Crippen LogP contribution in [-0.4, -0.2) is 65.5 Å². The van der Waals surface area contributed by atoms with E-state index in [1.54, 1.807) is 0 Å². The van der Waals surface area contributed by atoms with Crippen LogP contribution < -0.4 is 0 Å². The largest absolute Gasteiger partial charge is 0.376 e. The average Bonchev–Trinajstić information content (AvgIpc) is 3.31. The molecule has 3 aliphatic rings. The van der Waals surface area contributed by atoms with Crippen molar-refractivity contribution in [3.63, 3.8) is 0 Å². The zero-order valence-electron chi connectivity index (χ0n) is 14.7. The lowest BCUT2D eigenvalue weighted by Gasteiger charge is -2.38. The molecule has 1 aromatic rings. The number of thiazole rings is 1. The molecule has 4 rings (SSSR count). The Bertz CT molecular complexity index is 660. The van der Waals surface area contributed by atoms with Crippen LogP contribution in [-0.2, 0) is 9.53 Å². The molecule has 0 bridgehead atoms. The fraction of sp³-hybridized carbons (Fsp3) is 0.722. The van der Waals surface area contributed by atoms with E-state index in [4.69, 9.17) is 4.74 Å². The zero-order chi connectivity index (χ0) is 17.4. The minimum Gasteiger partial charge on any atom is -0.376 e. The molecule has 0 aliphatic carbocycles. The van der Waals surface area contributed by atoms with Crippen molar-refractivity contribution in [1.82, 2.24) is 14.8 Å². The maximum Gasteiger partial charge on any atom is 0.273 e. The second-order valence-corrected chi connectivity index (χ2v) is 8.69. The number of carbonyl (C=O) groups excluding carboxylic acids is 2. The molecule has 4 heterocycles. The molecule has 1 aromatic heterocycles. The van der Waals surface area contributed by atoms with Crippen molar-refractivity contribution in [2.75, 3.05) is 32.8 Å². The summed E-state index contributed by atoms with van der Waals surface area (Å²) >= 11 is 1.51. The van der Waals surface area contributed by atoms with Crippen molar-refractivity contribution >= 4 is 23.2 Å². The van der Waals surface area contributed by atoms with E-state index in [9.17, 15) is 9.59 Å². The summed E-state index contributed by atoms with van der Waals surface area (Å²) in [7, 11) is 0. The summed E-state index contributed by atoms with van der Waals surface area (Å²) in [6.07, 6.45) is 4.80. The van der Waals surface area contributed by atoms with Gasteiger partial charge in [0.15, 0.2) is 0 Å². The lowest BCUT2D eigenvalue weighted by molar-refractivity contribution is -0.129. The highest BCUT2D eigenvalue weighted by Crippen LogP contribution is 2.41. The van der Waals surface area contributed by atoms with Gasteiger partial charge in [-0.15, -0.1) is 11.3 Å². The van der Waals surface area contributed by atoms with E-state index in [0.717, 1.165) is 63.5 Å². The molecule has 0 N–H and O–H groups in total. The Hall–Kier alpha value is -1.47. The first-order valence-electron chi connectivity index (χ1n) is 9.15. The van der Waals surface area contributed by atoms with Gasteiger partial charge in [0.1, 0.15) is 5.69 Å².